The topological polar surface area (TPSA) is 81.5 Å². The van der Waals surface area contributed by atoms with Crippen LogP contribution in [0.4, 0.5) is 15.8 Å². The molecule has 1 rings (SSSR count). The van der Waals surface area contributed by atoms with Gasteiger partial charge in [-0.15, -0.1) is 6.58 Å². The van der Waals surface area contributed by atoms with Crippen LogP contribution in [-0.4, -0.2) is 24.5 Å². The molecule has 0 heterocycles. The Morgan fingerprint density at radius 2 is 2.32 bits per heavy atom. The van der Waals surface area contributed by atoms with Crippen molar-refractivity contribution in [3.63, 3.8) is 0 Å². The highest BCUT2D eigenvalue weighted by Crippen LogP contribution is 2.28. The zero-order valence-electron chi connectivity index (χ0n) is 10.3. The first-order valence-corrected chi connectivity index (χ1v) is 5.42. The summed E-state index contributed by atoms with van der Waals surface area (Å²) in [4.78, 5) is 21.4. The van der Waals surface area contributed by atoms with Gasteiger partial charge in [-0.3, -0.25) is 10.1 Å². The Hall–Kier alpha value is -2.44. The van der Waals surface area contributed by atoms with Crippen LogP contribution in [0.1, 0.15) is 16.8 Å². The molecule has 7 heteroatoms. The van der Waals surface area contributed by atoms with Crippen LogP contribution in [0.25, 0.3) is 0 Å². The van der Waals surface area contributed by atoms with E-state index < -0.39 is 22.4 Å². The van der Waals surface area contributed by atoms with Gasteiger partial charge in [0.2, 0.25) is 0 Å². The predicted molar refractivity (Wildman–Crippen MR) is 67.7 cm³/mol. The highest BCUT2D eigenvalue weighted by atomic mass is 19.1. The number of carbonyl (C=O) groups is 1. The fraction of sp³-hybridized carbons (Fsp3) is 0.250. The number of hydrogen-bond acceptors (Lipinski definition) is 5. The minimum atomic E-state index is -0.993. The van der Waals surface area contributed by atoms with E-state index in [0.29, 0.717) is 19.0 Å². The van der Waals surface area contributed by atoms with Crippen LogP contribution in [0, 0.1) is 15.9 Å². The molecule has 0 aliphatic rings. The number of rotatable bonds is 6. The van der Waals surface area contributed by atoms with E-state index in [1.165, 1.54) is 0 Å². The van der Waals surface area contributed by atoms with Gasteiger partial charge >= 0.3 is 5.97 Å². The number of nitro benzene ring substituents is 1. The molecule has 0 saturated carbocycles. The molecule has 0 amide bonds. The Morgan fingerprint density at radius 3 is 2.84 bits per heavy atom. The minimum absolute atomic E-state index is 0.0636. The van der Waals surface area contributed by atoms with Gasteiger partial charge < -0.3 is 10.1 Å². The van der Waals surface area contributed by atoms with E-state index in [0.717, 1.165) is 13.2 Å². The number of ether oxygens (including phenoxy) is 1. The highest BCUT2D eigenvalue weighted by Gasteiger charge is 2.22. The molecule has 102 valence electrons. The van der Waals surface area contributed by atoms with Gasteiger partial charge in [0, 0.05) is 6.54 Å². The average molecular weight is 268 g/mol. The summed E-state index contributed by atoms with van der Waals surface area (Å²) in [6.07, 6.45) is 2.20. The van der Waals surface area contributed by atoms with Crippen LogP contribution >= 0.6 is 0 Å². The lowest BCUT2D eigenvalue weighted by atomic mass is 10.1. The lowest BCUT2D eigenvalue weighted by molar-refractivity contribution is -0.384. The second-order valence-corrected chi connectivity index (χ2v) is 3.60. The Bertz CT molecular complexity index is 517. The van der Waals surface area contributed by atoms with Gasteiger partial charge in [0.25, 0.3) is 5.69 Å². The van der Waals surface area contributed by atoms with E-state index in [1.54, 1.807) is 6.08 Å². The molecular formula is C12H13FN2O4. The summed E-state index contributed by atoms with van der Waals surface area (Å²) in [6.45, 7) is 3.90. The first-order valence-electron chi connectivity index (χ1n) is 5.42. The van der Waals surface area contributed by atoms with Crippen LogP contribution in [0.2, 0.25) is 0 Å². The Labute approximate surface area is 109 Å². The third-order valence-electron chi connectivity index (χ3n) is 2.35. The molecule has 0 aliphatic heterocycles. The van der Waals surface area contributed by atoms with Crippen LogP contribution in [0.15, 0.2) is 24.8 Å². The van der Waals surface area contributed by atoms with Crippen LogP contribution in [0.3, 0.4) is 0 Å². The second-order valence-electron chi connectivity index (χ2n) is 3.60. The first-order chi connectivity index (χ1) is 9.01. The van der Waals surface area contributed by atoms with Crippen molar-refractivity contribution in [2.24, 2.45) is 0 Å². The van der Waals surface area contributed by atoms with Crippen molar-refractivity contribution < 1.29 is 18.8 Å². The summed E-state index contributed by atoms with van der Waals surface area (Å²) in [5.41, 5.74) is -0.725. The minimum Gasteiger partial charge on any atom is -0.465 e. The summed E-state index contributed by atoms with van der Waals surface area (Å²) in [7, 11) is 1.11. The molecule has 1 aromatic rings. The number of benzene rings is 1. The largest absolute Gasteiger partial charge is 0.465 e. The van der Waals surface area contributed by atoms with Gasteiger partial charge in [-0.1, -0.05) is 6.08 Å². The monoisotopic (exact) mass is 268 g/mol. The quantitative estimate of drug-likeness (QED) is 0.282. The van der Waals surface area contributed by atoms with Crippen LogP contribution < -0.4 is 5.32 Å². The van der Waals surface area contributed by atoms with Crippen molar-refractivity contribution in [3.05, 3.63) is 46.3 Å². The van der Waals surface area contributed by atoms with Gasteiger partial charge in [0.1, 0.15) is 11.5 Å². The molecule has 1 aromatic carbocycles. The van der Waals surface area contributed by atoms with Gasteiger partial charge in [-0.2, -0.15) is 0 Å². The van der Waals surface area contributed by atoms with Crippen molar-refractivity contribution in [1.29, 1.82) is 0 Å². The van der Waals surface area contributed by atoms with E-state index >= 15 is 0 Å². The number of esters is 1. The summed E-state index contributed by atoms with van der Waals surface area (Å²) in [6, 6.07) is 1.77. The zero-order chi connectivity index (χ0) is 14.4. The number of methoxy groups -OCH3 is 1. The third kappa shape index (κ3) is 3.51. The number of nitrogens with zero attached hydrogens (tertiary/aromatic N) is 1. The first kappa shape index (κ1) is 14.6. The summed E-state index contributed by atoms with van der Waals surface area (Å²) >= 11 is 0. The SMILES string of the molecule is C=CCCNc1cc(C(=O)OC)c(F)cc1[N+](=O)[O-]. The molecule has 0 radical (unpaired) electrons. The number of nitro groups is 1. The van der Waals surface area contributed by atoms with E-state index in [4.69, 9.17) is 0 Å². The van der Waals surface area contributed by atoms with Crippen LogP contribution in [0.5, 0.6) is 0 Å². The summed E-state index contributed by atoms with van der Waals surface area (Å²) in [5.74, 6) is -1.88. The molecule has 0 unspecified atom stereocenters. The normalized spacial score (nSPS) is 9.79. The molecule has 0 aromatic heterocycles. The number of anilines is 1. The predicted octanol–water partition coefficient (Wildman–Crippen LogP) is 2.51. The zero-order valence-corrected chi connectivity index (χ0v) is 10.3. The van der Waals surface area contributed by atoms with Crippen molar-refractivity contribution in [1.82, 2.24) is 0 Å². The van der Waals surface area contributed by atoms with Crippen molar-refractivity contribution in [3.8, 4) is 0 Å². The van der Waals surface area contributed by atoms with Crippen molar-refractivity contribution in [2.75, 3.05) is 19.0 Å². The molecule has 0 fully saturated rings. The standard InChI is InChI=1S/C12H13FN2O4/c1-3-4-5-14-10-6-8(12(16)19-2)9(13)7-11(10)15(17)18/h3,6-7,14H,1,4-5H2,2H3. The number of nitrogens with one attached hydrogen (secondary N) is 1. The number of carbonyl (C=O) groups excluding carboxylic acids is 1. The van der Waals surface area contributed by atoms with Gasteiger partial charge in [0.15, 0.2) is 0 Å². The van der Waals surface area contributed by atoms with Crippen LogP contribution in [-0.2, 0) is 4.74 Å². The number of hydrogen-bond donors (Lipinski definition) is 1. The molecule has 0 aliphatic carbocycles. The van der Waals surface area contributed by atoms with Crippen molar-refractivity contribution >= 4 is 17.3 Å². The lowest BCUT2D eigenvalue weighted by Gasteiger charge is -2.08. The maximum absolute atomic E-state index is 13.6. The summed E-state index contributed by atoms with van der Waals surface area (Å²) < 4.78 is 18.0. The maximum atomic E-state index is 13.6. The fourth-order valence-corrected chi connectivity index (χ4v) is 1.43. The van der Waals surface area contributed by atoms with E-state index in [2.05, 4.69) is 16.6 Å². The molecule has 0 bridgehead atoms. The van der Waals surface area contributed by atoms with Gasteiger partial charge in [-0.25, -0.2) is 9.18 Å². The second kappa shape index (κ2) is 6.48. The molecule has 1 N–H and O–H groups in total. The van der Waals surface area contributed by atoms with E-state index in [1.807, 2.05) is 0 Å². The molecule has 0 saturated heterocycles. The Balaban J connectivity index is 3.19. The number of halogens is 1. The average Bonchev–Trinajstić information content (AvgIpc) is 2.39. The maximum Gasteiger partial charge on any atom is 0.340 e. The Kier molecular flexibility index (Phi) is 4.99. The summed E-state index contributed by atoms with van der Waals surface area (Å²) in [5, 5.41) is 13.6. The van der Waals surface area contributed by atoms with Gasteiger partial charge in [-0.05, 0) is 12.5 Å². The lowest BCUT2D eigenvalue weighted by Crippen LogP contribution is -2.09. The third-order valence-corrected chi connectivity index (χ3v) is 2.35. The molecule has 0 spiro atoms. The van der Waals surface area contributed by atoms with E-state index in [9.17, 15) is 19.3 Å². The molecule has 19 heavy (non-hydrogen) atoms. The molecular weight excluding hydrogens is 255 g/mol. The van der Waals surface area contributed by atoms with Crippen molar-refractivity contribution in [2.45, 2.75) is 6.42 Å². The smallest absolute Gasteiger partial charge is 0.340 e. The molecule has 0 atom stereocenters. The fourth-order valence-electron chi connectivity index (χ4n) is 1.43. The highest BCUT2D eigenvalue weighted by molar-refractivity contribution is 5.91. The van der Waals surface area contributed by atoms with Gasteiger partial charge in [0.05, 0.1) is 23.7 Å². The molecule has 6 nitrogen and oxygen atoms in total. The van der Waals surface area contributed by atoms with E-state index in [-0.39, 0.29) is 11.3 Å². The Morgan fingerprint density at radius 1 is 1.63 bits per heavy atom.